The van der Waals surface area contributed by atoms with E-state index in [0.29, 0.717) is 16.9 Å². The SMILES string of the molecule is CN/C(=C\N(N)c1cc(C(=O)Nc2cc(C(F)(F)F)cc(CNC(C)C)c2OC)ccc1C)c1cncnc1. The lowest BCUT2D eigenvalue weighted by Gasteiger charge is -2.21. The first kappa shape index (κ1) is 29.4. The third-order valence-corrected chi connectivity index (χ3v) is 5.80. The summed E-state index contributed by atoms with van der Waals surface area (Å²) in [7, 11) is 3.06. The van der Waals surface area contributed by atoms with Gasteiger partial charge in [0.05, 0.1) is 29.7 Å². The largest absolute Gasteiger partial charge is 0.494 e. The number of nitrogens with two attached hydrogens (primary N) is 1. The summed E-state index contributed by atoms with van der Waals surface area (Å²) in [5.74, 6) is 5.83. The van der Waals surface area contributed by atoms with Crippen LogP contribution in [0.5, 0.6) is 5.75 Å². The highest BCUT2D eigenvalue weighted by atomic mass is 19.4. The normalized spacial score (nSPS) is 11.9. The van der Waals surface area contributed by atoms with E-state index in [0.717, 1.165) is 17.7 Å². The highest BCUT2D eigenvalue weighted by Gasteiger charge is 2.33. The van der Waals surface area contributed by atoms with Crippen molar-refractivity contribution in [3.63, 3.8) is 0 Å². The molecule has 1 amide bonds. The summed E-state index contributed by atoms with van der Waals surface area (Å²) in [5, 5.41) is 10.0. The van der Waals surface area contributed by atoms with Gasteiger partial charge in [-0.05, 0) is 36.8 Å². The fraction of sp³-hybridized carbons (Fsp3) is 0.296. The average Bonchev–Trinajstić information content (AvgIpc) is 2.90. The zero-order valence-corrected chi connectivity index (χ0v) is 22.3. The van der Waals surface area contributed by atoms with Gasteiger partial charge in [0.2, 0.25) is 0 Å². The fourth-order valence-electron chi connectivity index (χ4n) is 3.79. The first-order chi connectivity index (χ1) is 18.4. The lowest BCUT2D eigenvalue weighted by atomic mass is 10.1. The molecule has 9 nitrogen and oxygen atoms in total. The summed E-state index contributed by atoms with van der Waals surface area (Å²) >= 11 is 0. The molecule has 3 rings (SSSR count). The molecule has 0 spiro atoms. The number of ether oxygens (including phenoxy) is 1. The van der Waals surface area contributed by atoms with Crippen LogP contribution in [0.1, 0.15) is 46.5 Å². The van der Waals surface area contributed by atoms with E-state index >= 15 is 0 Å². The van der Waals surface area contributed by atoms with E-state index in [2.05, 4.69) is 25.9 Å². The Morgan fingerprint density at radius 3 is 2.44 bits per heavy atom. The van der Waals surface area contributed by atoms with Crippen LogP contribution in [0.3, 0.4) is 0 Å². The van der Waals surface area contributed by atoms with E-state index < -0.39 is 17.6 Å². The first-order valence-corrected chi connectivity index (χ1v) is 12.1. The van der Waals surface area contributed by atoms with Crippen molar-refractivity contribution in [2.75, 3.05) is 24.5 Å². The Balaban J connectivity index is 1.96. The van der Waals surface area contributed by atoms with Gasteiger partial charge in [0.1, 0.15) is 12.1 Å². The summed E-state index contributed by atoms with van der Waals surface area (Å²) in [6.07, 6.45) is 1.65. The number of nitrogens with one attached hydrogen (secondary N) is 3. The summed E-state index contributed by atoms with van der Waals surface area (Å²) in [6.45, 7) is 5.69. The van der Waals surface area contributed by atoms with Gasteiger partial charge < -0.3 is 20.7 Å². The van der Waals surface area contributed by atoms with Crippen LogP contribution in [0.2, 0.25) is 0 Å². The van der Waals surface area contributed by atoms with Crippen molar-refractivity contribution in [1.82, 2.24) is 20.6 Å². The van der Waals surface area contributed by atoms with E-state index in [9.17, 15) is 18.0 Å². The standard InChI is InChI=1S/C27H32F3N7O2/c1-16(2)35-13-19-8-21(27(28,29)30)10-22(25(19)39-5)36-26(38)18-7-6-17(3)24(9-18)37(31)14-23(32-4)20-11-33-15-34-12-20/h6-12,14-16,32,35H,13,31H2,1-5H3,(H,36,38)/b23-14-. The van der Waals surface area contributed by atoms with Gasteiger partial charge in [0.25, 0.3) is 5.91 Å². The number of carbonyl (C=O) groups is 1. The predicted octanol–water partition coefficient (Wildman–Crippen LogP) is 4.46. The van der Waals surface area contributed by atoms with Gasteiger partial charge >= 0.3 is 6.18 Å². The zero-order valence-electron chi connectivity index (χ0n) is 22.3. The van der Waals surface area contributed by atoms with Crippen LogP contribution < -0.4 is 31.5 Å². The van der Waals surface area contributed by atoms with E-state index in [1.54, 1.807) is 43.8 Å². The molecular weight excluding hydrogens is 511 g/mol. The Hall–Kier alpha value is -4.16. The summed E-state index contributed by atoms with van der Waals surface area (Å²) < 4.78 is 46.4. The number of hydrazine groups is 1. The number of hydrogen-bond acceptors (Lipinski definition) is 8. The summed E-state index contributed by atoms with van der Waals surface area (Å²) in [5.41, 5.74) is 2.06. The number of aryl methyl sites for hydroxylation is 1. The Morgan fingerprint density at radius 2 is 1.85 bits per heavy atom. The number of benzene rings is 2. The van der Waals surface area contributed by atoms with Gasteiger partial charge in [0, 0.05) is 54.9 Å². The quantitative estimate of drug-likeness (QED) is 0.219. The lowest BCUT2D eigenvalue weighted by molar-refractivity contribution is -0.137. The van der Waals surface area contributed by atoms with Gasteiger partial charge in [-0.3, -0.25) is 9.80 Å². The van der Waals surface area contributed by atoms with Crippen LogP contribution in [0.15, 0.2) is 55.3 Å². The molecule has 0 aliphatic heterocycles. The maximum Gasteiger partial charge on any atom is 0.416 e. The number of carbonyl (C=O) groups excluding carboxylic acids is 1. The minimum Gasteiger partial charge on any atom is -0.494 e. The Bertz CT molecular complexity index is 1330. The van der Waals surface area contributed by atoms with Gasteiger partial charge in [-0.25, -0.2) is 15.8 Å². The van der Waals surface area contributed by atoms with E-state index in [-0.39, 0.29) is 35.2 Å². The number of hydrogen-bond donors (Lipinski definition) is 4. The van der Waals surface area contributed by atoms with Gasteiger partial charge in [0.15, 0.2) is 0 Å². The molecule has 5 N–H and O–H groups in total. The van der Waals surface area contributed by atoms with Crippen LogP contribution in [0, 0.1) is 6.92 Å². The Morgan fingerprint density at radius 1 is 1.15 bits per heavy atom. The third-order valence-electron chi connectivity index (χ3n) is 5.80. The van der Waals surface area contributed by atoms with Gasteiger partial charge in [-0.2, -0.15) is 13.2 Å². The minimum atomic E-state index is -4.61. The maximum absolute atomic E-state index is 13.7. The zero-order chi connectivity index (χ0) is 28.7. The molecule has 0 unspecified atom stereocenters. The van der Waals surface area contributed by atoms with Crippen LogP contribution in [-0.4, -0.2) is 36.1 Å². The number of aromatic nitrogens is 2. The smallest absolute Gasteiger partial charge is 0.416 e. The van der Waals surface area contributed by atoms with E-state index in [1.165, 1.54) is 18.4 Å². The Kier molecular flexibility index (Phi) is 9.49. The van der Waals surface area contributed by atoms with Crippen LogP contribution in [0.4, 0.5) is 24.5 Å². The van der Waals surface area contributed by atoms with Gasteiger partial charge in [-0.15, -0.1) is 0 Å². The molecule has 0 fully saturated rings. The highest BCUT2D eigenvalue weighted by molar-refractivity contribution is 6.06. The van der Waals surface area contributed by atoms with Crippen molar-refractivity contribution >= 4 is 23.0 Å². The average molecular weight is 544 g/mol. The molecule has 1 heterocycles. The van der Waals surface area contributed by atoms with Crippen LogP contribution in [-0.2, 0) is 12.7 Å². The minimum absolute atomic E-state index is 0.0272. The molecule has 12 heteroatoms. The number of halogens is 3. The molecule has 208 valence electrons. The molecule has 1 aromatic heterocycles. The molecule has 0 saturated carbocycles. The van der Waals surface area contributed by atoms with Gasteiger partial charge in [-0.1, -0.05) is 19.9 Å². The molecule has 0 radical (unpaired) electrons. The molecule has 2 aromatic carbocycles. The lowest BCUT2D eigenvalue weighted by Crippen LogP contribution is -2.27. The van der Waals surface area contributed by atoms with Crippen molar-refractivity contribution in [3.05, 3.63) is 83.1 Å². The second kappa shape index (κ2) is 12.6. The monoisotopic (exact) mass is 543 g/mol. The maximum atomic E-state index is 13.7. The molecule has 39 heavy (non-hydrogen) atoms. The number of amides is 1. The molecule has 0 atom stereocenters. The predicted molar refractivity (Wildman–Crippen MR) is 145 cm³/mol. The number of methoxy groups -OCH3 is 1. The van der Waals surface area contributed by atoms with Crippen molar-refractivity contribution < 1.29 is 22.7 Å². The summed E-state index contributed by atoms with van der Waals surface area (Å²) in [6, 6.07) is 6.73. The first-order valence-electron chi connectivity index (χ1n) is 12.1. The molecule has 0 aliphatic carbocycles. The second-order valence-electron chi connectivity index (χ2n) is 9.03. The van der Waals surface area contributed by atoms with Crippen molar-refractivity contribution in [2.45, 2.75) is 39.5 Å². The Labute approximate surface area is 225 Å². The molecule has 0 aliphatic rings. The molecule has 3 aromatic rings. The number of anilines is 2. The number of alkyl halides is 3. The van der Waals surface area contributed by atoms with Crippen molar-refractivity contribution in [1.29, 1.82) is 0 Å². The second-order valence-corrected chi connectivity index (χ2v) is 9.03. The van der Waals surface area contributed by atoms with Crippen molar-refractivity contribution in [2.24, 2.45) is 5.84 Å². The van der Waals surface area contributed by atoms with Crippen LogP contribution >= 0.6 is 0 Å². The van der Waals surface area contributed by atoms with Crippen LogP contribution in [0.25, 0.3) is 5.70 Å². The van der Waals surface area contributed by atoms with E-state index in [4.69, 9.17) is 10.6 Å². The topological polar surface area (TPSA) is 117 Å². The molecule has 0 saturated heterocycles. The molecular formula is C27H32F3N7O2. The fourth-order valence-corrected chi connectivity index (χ4v) is 3.79. The van der Waals surface area contributed by atoms with Crippen molar-refractivity contribution in [3.8, 4) is 5.75 Å². The molecule has 0 bridgehead atoms. The number of rotatable bonds is 10. The van der Waals surface area contributed by atoms with E-state index in [1.807, 2.05) is 20.8 Å². The summed E-state index contributed by atoms with van der Waals surface area (Å²) in [4.78, 5) is 21.2. The third kappa shape index (κ3) is 7.45. The highest BCUT2D eigenvalue weighted by Crippen LogP contribution is 2.38. The number of nitrogens with zero attached hydrogens (tertiary/aromatic N) is 3.